The second-order valence-corrected chi connectivity index (χ2v) is 7.30. The number of H-pyrrole nitrogens is 1. The highest BCUT2D eigenvalue weighted by Crippen LogP contribution is 2.22. The van der Waals surface area contributed by atoms with Crippen LogP contribution in [0.25, 0.3) is 10.9 Å². The van der Waals surface area contributed by atoms with Gasteiger partial charge >= 0.3 is 0 Å². The third-order valence-corrected chi connectivity index (χ3v) is 5.09. The van der Waals surface area contributed by atoms with Crippen molar-refractivity contribution in [3.63, 3.8) is 0 Å². The summed E-state index contributed by atoms with van der Waals surface area (Å²) in [5, 5.41) is 3.95. The molecule has 2 N–H and O–H groups in total. The number of carbonyl (C=O) groups is 1. The summed E-state index contributed by atoms with van der Waals surface area (Å²) in [5.41, 5.74) is 2.40. The molecule has 1 aromatic heterocycles. The molecule has 1 amide bonds. The molecule has 0 saturated carbocycles. The molecule has 0 bridgehead atoms. The Bertz CT molecular complexity index is 951. The Kier molecular flexibility index (Phi) is 6.12. The maximum atomic E-state index is 12.2. The zero-order chi connectivity index (χ0) is 18.4. The summed E-state index contributed by atoms with van der Waals surface area (Å²) in [6.07, 6.45) is 2.28. The Morgan fingerprint density at radius 3 is 2.69 bits per heavy atom. The number of nitrogens with one attached hydrogen (secondary N) is 2. The number of aromatic nitrogens is 1. The molecule has 3 aromatic rings. The topological polar surface area (TPSA) is 62.0 Å². The summed E-state index contributed by atoms with van der Waals surface area (Å²) in [6.45, 7) is 2.09. The average molecular weight is 366 g/mol. The molecule has 0 radical (unpaired) electrons. The maximum Gasteiger partial charge on any atom is 0.248 e. The second kappa shape index (κ2) is 8.72. The first kappa shape index (κ1) is 18.3. The van der Waals surface area contributed by atoms with Gasteiger partial charge in [-0.3, -0.25) is 9.59 Å². The van der Waals surface area contributed by atoms with Crippen molar-refractivity contribution in [2.24, 2.45) is 0 Å². The molecule has 4 nitrogen and oxygen atoms in total. The minimum Gasteiger partial charge on any atom is -0.326 e. The van der Waals surface area contributed by atoms with Crippen LogP contribution in [0.5, 0.6) is 0 Å². The maximum absolute atomic E-state index is 12.2. The summed E-state index contributed by atoms with van der Waals surface area (Å²) >= 11 is 1.66. The fourth-order valence-electron chi connectivity index (χ4n) is 2.89. The monoisotopic (exact) mass is 366 g/mol. The van der Waals surface area contributed by atoms with Crippen molar-refractivity contribution in [3.05, 3.63) is 70.5 Å². The van der Waals surface area contributed by atoms with Gasteiger partial charge in [-0.15, -0.1) is 11.8 Å². The molecule has 0 aliphatic carbocycles. The molecular weight excluding hydrogens is 344 g/mol. The van der Waals surface area contributed by atoms with Crippen molar-refractivity contribution in [1.29, 1.82) is 0 Å². The molecule has 26 heavy (non-hydrogen) atoms. The number of fused-ring (bicyclic) bond motifs is 1. The van der Waals surface area contributed by atoms with Crippen LogP contribution in [0.3, 0.4) is 0 Å². The van der Waals surface area contributed by atoms with Crippen molar-refractivity contribution in [1.82, 2.24) is 4.98 Å². The quantitative estimate of drug-likeness (QED) is 0.601. The van der Waals surface area contributed by atoms with Crippen LogP contribution in [0.1, 0.15) is 25.3 Å². The van der Waals surface area contributed by atoms with Gasteiger partial charge in [0.1, 0.15) is 0 Å². The van der Waals surface area contributed by atoms with Crippen molar-refractivity contribution < 1.29 is 4.79 Å². The molecule has 2 aromatic carbocycles. The average Bonchev–Trinajstić information content (AvgIpc) is 2.62. The standard InChI is InChI=1S/C21H22N2O2S/c1-2-6-15-13-21(25)23-19-14-16(9-10-18(15)19)22-20(24)11-12-26-17-7-4-3-5-8-17/h3-5,7-10,13-14H,2,6,11-12H2,1H3,(H,22,24)(H,23,25). The van der Waals surface area contributed by atoms with Crippen LogP contribution in [0, 0.1) is 0 Å². The smallest absolute Gasteiger partial charge is 0.248 e. The highest BCUT2D eigenvalue weighted by atomic mass is 32.2. The number of carbonyl (C=O) groups excluding carboxylic acids is 1. The van der Waals surface area contributed by atoms with Gasteiger partial charge in [-0.05, 0) is 36.2 Å². The molecule has 0 saturated heterocycles. The van der Waals surface area contributed by atoms with Gasteiger partial charge in [-0.25, -0.2) is 0 Å². The third-order valence-electron chi connectivity index (χ3n) is 4.07. The van der Waals surface area contributed by atoms with E-state index in [1.165, 1.54) is 0 Å². The van der Waals surface area contributed by atoms with E-state index in [4.69, 9.17) is 0 Å². The van der Waals surface area contributed by atoms with Crippen LogP contribution in [0.4, 0.5) is 5.69 Å². The Morgan fingerprint density at radius 2 is 1.92 bits per heavy atom. The van der Waals surface area contributed by atoms with Gasteiger partial charge in [0, 0.05) is 34.2 Å². The van der Waals surface area contributed by atoms with E-state index in [1.54, 1.807) is 17.8 Å². The SMILES string of the molecule is CCCc1cc(=O)[nH]c2cc(NC(=O)CCSc3ccccc3)ccc12. The molecule has 3 rings (SSSR count). The number of hydrogen-bond donors (Lipinski definition) is 2. The number of hydrogen-bond acceptors (Lipinski definition) is 3. The van der Waals surface area contributed by atoms with E-state index in [9.17, 15) is 9.59 Å². The molecule has 0 aliphatic heterocycles. The van der Waals surface area contributed by atoms with Crippen molar-refractivity contribution in [2.45, 2.75) is 31.1 Å². The fraction of sp³-hybridized carbons (Fsp3) is 0.238. The van der Waals surface area contributed by atoms with Crippen molar-refractivity contribution in [3.8, 4) is 0 Å². The van der Waals surface area contributed by atoms with Crippen molar-refractivity contribution in [2.75, 3.05) is 11.1 Å². The molecule has 134 valence electrons. The largest absolute Gasteiger partial charge is 0.326 e. The number of anilines is 1. The lowest BCUT2D eigenvalue weighted by Crippen LogP contribution is -2.12. The van der Waals surface area contributed by atoms with Crippen LogP contribution in [0.15, 0.2) is 64.3 Å². The van der Waals surface area contributed by atoms with Gasteiger partial charge in [-0.2, -0.15) is 0 Å². The molecule has 5 heteroatoms. The van der Waals surface area contributed by atoms with Crippen LogP contribution in [-0.2, 0) is 11.2 Å². The first-order valence-electron chi connectivity index (χ1n) is 8.79. The lowest BCUT2D eigenvalue weighted by Gasteiger charge is -2.09. The number of rotatable bonds is 7. The van der Waals surface area contributed by atoms with Crippen LogP contribution in [0.2, 0.25) is 0 Å². The van der Waals surface area contributed by atoms with Gasteiger partial charge in [0.25, 0.3) is 0 Å². The lowest BCUT2D eigenvalue weighted by molar-refractivity contribution is -0.115. The van der Waals surface area contributed by atoms with Crippen LogP contribution in [-0.4, -0.2) is 16.6 Å². The molecule has 1 heterocycles. The highest BCUT2D eigenvalue weighted by molar-refractivity contribution is 7.99. The number of pyridine rings is 1. The van der Waals surface area contributed by atoms with E-state index in [1.807, 2.05) is 48.5 Å². The lowest BCUT2D eigenvalue weighted by atomic mass is 10.0. The Labute approximate surface area is 157 Å². The first-order chi connectivity index (χ1) is 12.7. The predicted molar refractivity (Wildman–Crippen MR) is 109 cm³/mol. The highest BCUT2D eigenvalue weighted by Gasteiger charge is 2.07. The van der Waals surface area contributed by atoms with E-state index < -0.39 is 0 Å². The number of aromatic amines is 1. The Balaban J connectivity index is 1.65. The summed E-state index contributed by atoms with van der Waals surface area (Å²) in [4.78, 5) is 28.0. The van der Waals surface area contributed by atoms with Crippen LogP contribution < -0.4 is 10.9 Å². The summed E-state index contributed by atoms with van der Waals surface area (Å²) in [6, 6.07) is 17.4. The summed E-state index contributed by atoms with van der Waals surface area (Å²) in [7, 11) is 0. The van der Waals surface area contributed by atoms with E-state index in [2.05, 4.69) is 17.2 Å². The molecular formula is C21H22N2O2S. The molecule has 0 atom stereocenters. The molecule has 0 aliphatic rings. The zero-order valence-corrected chi connectivity index (χ0v) is 15.6. The molecule has 0 unspecified atom stereocenters. The number of benzene rings is 2. The van der Waals surface area contributed by atoms with E-state index in [-0.39, 0.29) is 11.5 Å². The van der Waals surface area contributed by atoms with Gasteiger partial charge in [0.15, 0.2) is 0 Å². The Morgan fingerprint density at radius 1 is 1.12 bits per heavy atom. The van der Waals surface area contributed by atoms with Crippen LogP contribution >= 0.6 is 11.8 Å². The van der Waals surface area contributed by atoms with Crippen molar-refractivity contribution >= 4 is 34.3 Å². The predicted octanol–water partition coefficient (Wildman–Crippen LogP) is 4.60. The summed E-state index contributed by atoms with van der Waals surface area (Å²) in [5.74, 6) is 0.695. The van der Waals surface area contributed by atoms with E-state index in [0.29, 0.717) is 12.1 Å². The van der Waals surface area contributed by atoms with E-state index in [0.717, 1.165) is 40.0 Å². The first-order valence-corrected chi connectivity index (χ1v) is 9.78. The van der Waals surface area contributed by atoms with E-state index >= 15 is 0 Å². The van der Waals surface area contributed by atoms with Gasteiger partial charge in [0.05, 0.1) is 5.52 Å². The number of amides is 1. The minimum atomic E-state index is -0.108. The number of aryl methyl sites for hydroxylation is 1. The minimum absolute atomic E-state index is 0.0279. The third kappa shape index (κ3) is 4.76. The molecule has 0 spiro atoms. The normalized spacial score (nSPS) is 10.8. The second-order valence-electron chi connectivity index (χ2n) is 6.13. The Hall–Kier alpha value is -2.53. The van der Waals surface area contributed by atoms with Gasteiger partial charge in [-0.1, -0.05) is 37.6 Å². The summed E-state index contributed by atoms with van der Waals surface area (Å²) < 4.78 is 0. The van der Waals surface area contributed by atoms with Gasteiger partial charge in [0.2, 0.25) is 11.5 Å². The zero-order valence-electron chi connectivity index (χ0n) is 14.7. The number of thioether (sulfide) groups is 1. The fourth-order valence-corrected chi connectivity index (χ4v) is 3.76. The molecule has 0 fully saturated rings. The van der Waals surface area contributed by atoms with Gasteiger partial charge < -0.3 is 10.3 Å².